The lowest BCUT2D eigenvalue weighted by molar-refractivity contribution is -0.152. The molecule has 1 aromatic carbocycles. The molecular weight excluding hydrogens is 264 g/mol. The molecule has 1 atom stereocenters. The number of esters is 1. The fourth-order valence-electron chi connectivity index (χ4n) is 2.77. The molecule has 0 radical (unpaired) electrons. The van der Waals surface area contributed by atoms with Crippen LogP contribution in [0.1, 0.15) is 30.4 Å². The minimum atomic E-state index is -0.601. The topological polar surface area (TPSA) is 55.0 Å². The van der Waals surface area contributed by atoms with Crippen LogP contribution in [0.3, 0.4) is 0 Å². The largest absolute Gasteiger partial charge is 0.460 e. The highest BCUT2D eigenvalue weighted by Gasteiger charge is 2.42. The maximum Gasteiger partial charge on any atom is 0.317 e. The molecule has 1 N–H and O–H groups in total. The average Bonchev–Trinajstić information content (AvgIpc) is 3.09. The zero-order valence-electron chi connectivity index (χ0n) is 11.8. The van der Waals surface area contributed by atoms with Crippen LogP contribution in [-0.2, 0) is 21.6 Å². The fraction of sp³-hybridized carbons (Fsp3) is 0.294. The van der Waals surface area contributed by atoms with E-state index in [1.807, 2.05) is 30.3 Å². The van der Waals surface area contributed by atoms with Gasteiger partial charge in [0.25, 0.3) is 0 Å². The third kappa shape index (κ3) is 2.75. The van der Waals surface area contributed by atoms with Gasteiger partial charge in [0.1, 0.15) is 6.61 Å². The first-order valence-corrected chi connectivity index (χ1v) is 7.17. The molecule has 2 aromatic rings. The summed E-state index contributed by atoms with van der Waals surface area (Å²) in [5, 5.41) is 6.78. The summed E-state index contributed by atoms with van der Waals surface area (Å²) in [6.07, 6.45) is 10.00. The Morgan fingerprint density at radius 2 is 2.14 bits per heavy atom. The number of aromatic amines is 1. The van der Waals surface area contributed by atoms with Crippen LogP contribution in [0.5, 0.6) is 0 Å². The van der Waals surface area contributed by atoms with E-state index in [2.05, 4.69) is 22.3 Å². The molecule has 21 heavy (non-hydrogen) atoms. The summed E-state index contributed by atoms with van der Waals surface area (Å²) < 4.78 is 5.58. The van der Waals surface area contributed by atoms with E-state index in [-0.39, 0.29) is 5.97 Å². The minimum Gasteiger partial charge on any atom is -0.460 e. The Labute approximate surface area is 123 Å². The monoisotopic (exact) mass is 282 g/mol. The van der Waals surface area contributed by atoms with Crippen molar-refractivity contribution in [3.63, 3.8) is 0 Å². The van der Waals surface area contributed by atoms with Crippen molar-refractivity contribution in [1.29, 1.82) is 0 Å². The second-order valence-corrected chi connectivity index (χ2v) is 5.35. The van der Waals surface area contributed by atoms with Gasteiger partial charge in [0.05, 0.1) is 11.6 Å². The number of carbonyl (C=O) groups excluding carboxylic acids is 1. The molecule has 0 saturated carbocycles. The van der Waals surface area contributed by atoms with E-state index in [0.717, 1.165) is 24.0 Å². The van der Waals surface area contributed by atoms with Crippen LogP contribution in [0, 0.1) is 0 Å². The van der Waals surface area contributed by atoms with Crippen LogP contribution >= 0.6 is 0 Å². The Hall–Kier alpha value is -2.36. The van der Waals surface area contributed by atoms with Crippen LogP contribution in [0.15, 0.2) is 54.9 Å². The lowest BCUT2D eigenvalue weighted by atomic mass is 9.73. The van der Waals surface area contributed by atoms with Crippen molar-refractivity contribution in [3.05, 3.63) is 66.0 Å². The summed E-state index contributed by atoms with van der Waals surface area (Å²) in [7, 11) is 0. The summed E-state index contributed by atoms with van der Waals surface area (Å²) in [6, 6.07) is 9.75. The van der Waals surface area contributed by atoms with Crippen molar-refractivity contribution in [1.82, 2.24) is 10.2 Å². The second kappa shape index (κ2) is 5.95. The van der Waals surface area contributed by atoms with Crippen molar-refractivity contribution < 1.29 is 9.53 Å². The molecule has 1 aliphatic rings. The van der Waals surface area contributed by atoms with E-state index in [1.165, 1.54) is 0 Å². The van der Waals surface area contributed by atoms with Crippen molar-refractivity contribution >= 4 is 5.97 Å². The average molecular weight is 282 g/mol. The maximum atomic E-state index is 12.7. The lowest BCUT2D eigenvalue weighted by Crippen LogP contribution is -2.38. The molecule has 3 rings (SSSR count). The zero-order valence-corrected chi connectivity index (χ0v) is 11.8. The quantitative estimate of drug-likeness (QED) is 0.692. The smallest absolute Gasteiger partial charge is 0.317 e. The van der Waals surface area contributed by atoms with Crippen LogP contribution < -0.4 is 0 Å². The van der Waals surface area contributed by atoms with Crippen molar-refractivity contribution in [2.24, 2.45) is 0 Å². The molecule has 0 spiro atoms. The molecule has 0 saturated heterocycles. The number of benzene rings is 1. The van der Waals surface area contributed by atoms with Gasteiger partial charge in [0, 0.05) is 11.8 Å². The van der Waals surface area contributed by atoms with Gasteiger partial charge in [0.15, 0.2) is 0 Å². The van der Waals surface area contributed by atoms with Gasteiger partial charge in [-0.3, -0.25) is 9.89 Å². The number of H-pyrrole nitrogens is 1. The van der Waals surface area contributed by atoms with Crippen LogP contribution in [0.2, 0.25) is 0 Å². The third-order valence-corrected chi connectivity index (χ3v) is 4.03. The van der Waals surface area contributed by atoms with E-state index in [1.54, 1.807) is 12.4 Å². The zero-order chi connectivity index (χ0) is 14.5. The predicted octanol–water partition coefficient (Wildman–Crippen LogP) is 3.13. The number of aromatic nitrogens is 2. The Balaban J connectivity index is 1.77. The fourth-order valence-corrected chi connectivity index (χ4v) is 2.77. The number of allylic oxidation sites excluding steroid dienone is 2. The van der Waals surface area contributed by atoms with Crippen LogP contribution in [-0.4, -0.2) is 16.2 Å². The molecule has 0 amide bonds. The van der Waals surface area contributed by atoms with Gasteiger partial charge in [-0.15, -0.1) is 0 Å². The van der Waals surface area contributed by atoms with E-state index in [4.69, 9.17) is 4.74 Å². The van der Waals surface area contributed by atoms with Gasteiger partial charge in [-0.25, -0.2) is 0 Å². The molecule has 108 valence electrons. The number of rotatable bonds is 4. The van der Waals surface area contributed by atoms with Crippen LogP contribution in [0.4, 0.5) is 0 Å². The molecule has 4 nitrogen and oxygen atoms in total. The minimum absolute atomic E-state index is 0.169. The molecule has 0 aliphatic heterocycles. The summed E-state index contributed by atoms with van der Waals surface area (Å²) in [4.78, 5) is 12.7. The van der Waals surface area contributed by atoms with Crippen molar-refractivity contribution in [2.45, 2.75) is 31.3 Å². The van der Waals surface area contributed by atoms with E-state index < -0.39 is 5.41 Å². The Kier molecular flexibility index (Phi) is 3.86. The van der Waals surface area contributed by atoms with Crippen molar-refractivity contribution in [3.8, 4) is 0 Å². The molecule has 0 fully saturated rings. The first kappa shape index (κ1) is 13.6. The number of ether oxygens (including phenoxy) is 1. The molecular formula is C17H18N2O2. The van der Waals surface area contributed by atoms with E-state index in [9.17, 15) is 4.79 Å². The molecule has 4 heteroatoms. The van der Waals surface area contributed by atoms with Gasteiger partial charge in [-0.2, -0.15) is 5.10 Å². The third-order valence-electron chi connectivity index (χ3n) is 4.03. The van der Waals surface area contributed by atoms with Gasteiger partial charge in [0.2, 0.25) is 0 Å². The first-order valence-electron chi connectivity index (χ1n) is 7.17. The highest BCUT2D eigenvalue weighted by Crippen LogP contribution is 2.37. The molecule has 0 bridgehead atoms. The Morgan fingerprint density at radius 1 is 1.29 bits per heavy atom. The number of nitrogens with one attached hydrogen (secondary N) is 1. The number of hydrogen-bond donors (Lipinski definition) is 1. The lowest BCUT2D eigenvalue weighted by Gasteiger charge is -2.31. The highest BCUT2D eigenvalue weighted by molar-refractivity contribution is 5.83. The number of carbonyl (C=O) groups is 1. The summed E-state index contributed by atoms with van der Waals surface area (Å²) >= 11 is 0. The molecule has 1 aliphatic carbocycles. The maximum absolute atomic E-state index is 12.7. The summed E-state index contributed by atoms with van der Waals surface area (Å²) in [5.41, 5.74) is 1.31. The number of nitrogens with zero attached hydrogens (tertiary/aromatic N) is 1. The van der Waals surface area contributed by atoms with Gasteiger partial charge >= 0.3 is 5.97 Å². The highest BCUT2D eigenvalue weighted by atomic mass is 16.5. The predicted molar refractivity (Wildman–Crippen MR) is 79.5 cm³/mol. The summed E-state index contributed by atoms with van der Waals surface area (Å²) in [5.74, 6) is -0.169. The second-order valence-electron chi connectivity index (χ2n) is 5.35. The first-order chi connectivity index (χ1) is 10.3. The van der Waals surface area contributed by atoms with Crippen LogP contribution in [0.25, 0.3) is 0 Å². The van der Waals surface area contributed by atoms with Crippen molar-refractivity contribution in [2.75, 3.05) is 0 Å². The van der Waals surface area contributed by atoms with Gasteiger partial charge in [-0.05, 0) is 24.8 Å². The SMILES string of the molecule is O=C(OCc1ccccc1)C1(c2cn[nH]c2)CC=CCC1. The Morgan fingerprint density at radius 3 is 2.81 bits per heavy atom. The van der Waals surface area contributed by atoms with E-state index >= 15 is 0 Å². The molecule has 1 heterocycles. The normalized spacial score (nSPS) is 21.1. The number of hydrogen-bond acceptors (Lipinski definition) is 3. The van der Waals surface area contributed by atoms with Gasteiger partial charge in [-0.1, -0.05) is 42.5 Å². The van der Waals surface area contributed by atoms with E-state index in [0.29, 0.717) is 13.0 Å². The van der Waals surface area contributed by atoms with Gasteiger partial charge < -0.3 is 4.74 Å². The Bertz CT molecular complexity index is 620. The summed E-state index contributed by atoms with van der Waals surface area (Å²) in [6.45, 7) is 0.309. The molecule has 1 unspecified atom stereocenters. The standard InChI is InChI=1S/C17H18N2O2/c20-16(21-13-14-7-3-1-4-8-14)17(9-5-2-6-10-17)15-11-18-19-12-15/h1-5,7-8,11-12H,6,9-10,13H2,(H,18,19). The molecule has 1 aromatic heterocycles.